The summed E-state index contributed by atoms with van der Waals surface area (Å²) in [4.78, 5) is 28.4. The first kappa shape index (κ1) is 26.0. The number of nitrogens with zero attached hydrogens (tertiary/aromatic N) is 1. The summed E-state index contributed by atoms with van der Waals surface area (Å²) in [5.41, 5.74) is -1.31. The molecule has 1 heterocycles. The average molecular weight is 408 g/mol. The Bertz CT molecular complexity index is 558. The van der Waals surface area contributed by atoms with Gasteiger partial charge in [-0.2, -0.15) is 0 Å². The van der Waals surface area contributed by atoms with Crippen LogP contribution in [0.1, 0.15) is 80.1 Å². The monoisotopic (exact) mass is 407 g/mol. The molecule has 0 aliphatic carbocycles. The maximum Gasteiger partial charge on any atom is 0.167 e. The summed E-state index contributed by atoms with van der Waals surface area (Å²) >= 11 is 0. The molecule has 0 aromatic heterocycles. The Balaban J connectivity index is 3.07. The van der Waals surface area contributed by atoms with Crippen molar-refractivity contribution in [2.45, 2.75) is 97.2 Å². The molecule has 5 heteroatoms. The molecule has 0 saturated carbocycles. The van der Waals surface area contributed by atoms with Gasteiger partial charge in [0.25, 0.3) is 0 Å². The zero-order valence-corrected chi connectivity index (χ0v) is 19.9. The Labute approximate surface area is 179 Å². The molecule has 168 valence electrons. The lowest BCUT2D eigenvalue weighted by molar-refractivity contribution is -0.129. The number of nitrogens with one attached hydrogen (secondary N) is 2. The highest BCUT2D eigenvalue weighted by molar-refractivity contribution is 5.93. The summed E-state index contributed by atoms with van der Waals surface area (Å²) in [6.45, 7) is 13.7. The van der Waals surface area contributed by atoms with Crippen LogP contribution in [0.5, 0.6) is 0 Å². The molecule has 2 atom stereocenters. The molecule has 0 bridgehead atoms. The highest BCUT2D eigenvalue weighted by Crippen LogP contribution is 2.21. The molecule has 1 aliphatic rings. The number of hydrogen-bond donors (Lipinski definition) is 2. The summed E-state index contributed by atoms with van der Waals surface area (Å²) in [6, 6.07) is 0.196. The van der Waals surface area contributed by atoms with E-state index in [-0.39, 0.29) is 30.1 Å². The van der Waals surface area contributed by atoms with E-state index in [1.807, 2.05) is 27.7 Å². The molecule has 0 spiro atoms. The zero-order valence-electron chi connectivity index (χ0n) is 19.9. The van der Waals surface area contributed by atoms with Crippen LogP contribution in [0.4, 0.5) is 0 Å². The summed E-state index contributed by atoms with van der Waals surface area (Å²) in [5.74, 6) is 0.256. The summed E-state index contributed by atoms with van der Waals surface area (Å²) in [5, 5.41) is 6.86. The van der Waals surface area contributed by atoms with E-state index >= 15 is 0 Å². The maximum absolute atomic E-state index is 13.3. The molecule has 29 heavy (non-hydrogen) atoms. The highest BCUT2D eigenvalue weighted by Gasteiger charge is 2.38. The second-order valence-corrected chi connectivity index (χ2v) is 9.88. The minimum absolute atomic E-state index is 0.0513. The lowest BCUT2D eigenvalue weighted by Gasteiger charge is -2.37. The Morgan fingerprint density at radius 3 is 2.38 bits per heavy atom. The summed E-state index contributed by atoms with van der Waals surface area (Å²) in [6.07, 6.45) is 10.8. The Hall–Kier alpha value is -1.04. The van der Waals surface area contributed by atoms with Crippen molar-refractivity contribution in [2.75, 3.05) is 26.7 Å². The fraction of sp³-hybridized carbons (Fsp3) is 0.833. The maximum atomic E-state index is 13.3. The first-order valence-electron chi connectivity index (χ1n) is 11.4. The SMILES string of the molecule is CC(C)N[C@]1(C)CN(C)C/C=C/CCCCCC[C@@](C)(C(=O)C(C)C)NCC1=O. The van der Waals surface area contributed by atoms with Gasteiger partial charge in [-0.1, -0.05) is 45.3 Å². The third-order valence-electron chi connectivity index (χ3n) is 5.90. The van der Waals surface area contributed by atoms with Crippen LogP contribution < -0.4 is 10.6 Å². The van der Waals surface area contributed by atoms with Gasteiger partial charge in [0.1, 0.15) is 0 Å². The van der Waals surface area contributed by atoms with Gasteiger partial charge in [0.05, 0.1) is 17.6 Å². The molecule has 0 aromatic carbocycles. The Kier molecular flexibility index (Phi) is 10.7. The Morgan fingerprint density at radius 2 is 1.76 bits per heavy atom. The summed E-state index contributed by atoms with van der Waals surface area (Å²) in [7, 11) is 2.06. The second-order valence-electron chi connectivity index (χ2n) is 9.88. The van der Waals surface area contributed by atoms with Gasteiger partial charge in [0.15, 0.2) is 11.6 Å². The molecular weight excluding hydrogens is 362 g/mol. The van der Waals surface area contributed by atoms with Gasteiger partial charge >= 0.3 is 0 Å². The van der Waals surface area contributed by atoms with Gasteiger partial charge in [-0.3, -0.25) is 14.9 Å². The van der Waals surface area contributed by atoms with Gasteiger partial charge in [-0.25, -0.2) is 0 Å². The fourth-order valence-electron chi connectivity index (χ4n) is 4.33. The lowest BCUT2D eigenvalue weighted by atomic mass is 9.83. The normalized spacial score (nSPS) is 30.6. The van der Waals surface area contributed by atoms with Crippen molar-refractivity contribution in [1.82, 2.24) is 15.5 Å². The van der Waals surface area contributed by atoms with Crippen molar-refractivity contribution >= 4 is 11.6 Å². The number of allylic oxidation sites excluding steroid dienone is 1. The molecule has 0 amide bonds. The number of likely N-dealkylation sites (N-methyl/N-ethyl adjacent to an activating group) is 1. The van der Waals surface area contributed by atoms with Crippen molar-refractivity contribution in [3.8, 4) is 0 Å². The van der Waals surface area contributed by atoms with Crippen LogP contribution in [0.2, 0.25) is 0 Å². The number of rotatable bonds is 4. The van der Waals surface area contributed by atoms with Crippen LogP contribution in [0.3, 0.4) is 0 Å². The largest absolute Gasteiger partial charge is 0.302 e. The van der Waals surface area contributed by atoms with Gasteiger partial charge < -0.3 is 10.2 Å². The van der Waals surface area contributed by atoms with Crippen molar-refractivity contribution in [3.63, 3.8) is 0 Å². The zero-order chi connectivity index (χ0) is 22.1. The number of Topliss-reactive ketones (excluding diaryl/α,β-unsaturated/α-hetero) is 2. The molecule has 0 fully saturated rings. The first-order chi connectivity index (χ1) is 13.5. The van der Waals surface area contributed by atoms with Crippen LogP contribution >= 0.6 is 0 Å². The smallest absolute Gasteiger partial charge is 0.167 e. The van der Waals surface area contributed by atoms with Gasteiger partial charge in [0.2, 0.25) is 0 Å². The standard InChI is InChI=1S/C24H45N3O2/c1-19(2)22(29)23(5)15-13-11-9-8-10-12-14-16-27(7)18-24(6,26-20(3)4)21(28)17-25-23/h12,14,19-20,25-26H,8-11,13,15-18H2,1-7H3/b14-12+/t23-,24+/m0/s1. The lowest BCUT2D eigenvalue weighted by Crippen LogP contribution is -2.62. The molecular formula is C24H45N3O2. The van der Waals surface area contributed by atoms with E-state index in [2.05, 4.69) is 48.6 Å². The van der Waals surface area contributed by atoms with Gasteiger partial charge in [-0.05, 0) is 54.0 Å². The molecule has 0 radical (unpaired) electrons. The van der Waals surface area contributed by atoms with Crippen molar-refractivity contribution in [3.05, 3.63) is 12.2 Å². The molecule has 2 N–H and O–H groups in total. The van der Waals surface area contributed by atoms with Crippen LogP contribution in [0.15, 0.2) is 12.2 Å². The topological polar surface area (TPSA) is 61.4 Å². The van der Waals surface area contributed by atoms with Crippen molar-refractivity contribution in [1.29, 1.82) is 0 Å². The second kappa shape index (κ2) is 12.0. The van der Waals surface area contributed by atoms with Crippen molar-refractivity contribution < 1.29 is 9.59 Å². The average Bonchev–Trinajstić information content (AvgIpc) is 2.62. The third kappa shape index (κ3) is 8.69. The minimum Gasteiger partial charge on any atom is -0.302 e. The summed E-state index contributed by atoms with van der Waals surface area (Å²) < 4.78 is 0. The van der Waals surface area contributed by atoms with Crippen LogP contribution in [0, 0.1) is 5.92 Å². The van der Waals surface area contributed by atoms with E-state index in [0.29, 0.717) is 6.54 Å². The molecule has 1 rings (SSSR count). The molecule has 5 nitrogen and oxygen atoms in total. The van der Waals surface area contributed by atoms with Crippen molar-refractivity contribution in [2.24, 2.45) is 5.92 Å². The van der Waals surface area contributed by atoms with E-state index in [1.54, 1.807) is 0 Å². The van der Waals surface area contributed by atoms with E-state index in [1.165, 1.54) is 12.8 Å². The fourth-order valence-corrected chi connectivity index (χ4v) is 4.33. The third-order valence-corrected chi connectivity index (χ3v) is 5.90. The number of ketones is 2. The Morgan fingerprint density at radius 1 is 1.10 bits per heavy atom. The number of carbonyl (C=O) groups excluding carboxylic acids is 2. The van der Waals surface area contributed by atoms with Gasteiger partial charge in [-0.15, -0.1) is 0 Å². The van der Waals surface area contributed by atoms with E-state index in [4.69, 9.17) is 0 Å². The van der Waals surface area contributed by atoms with Crippen LogP contribution in [-0.4, -0.2) is 60.3 Å². The predicted octanol–water partition coefficient (Wildman–Crippen LogP) is 3.73. The predicted molar refractivity (Wildman–Crippen MR) is 122 cm³/mol. The number of hydrogen-bond acceptors (Lipinski definition) is 5. The van der Waals surface area contributed by atoms with Gasteiger partial charge in [0, 0.05) is 25.0 Å². The van der Waals surface area contributed by atoms with Crippen LogP contribution in [-0.2, 0) is 9.59 Å². The quantitative estimate of drug-likeness (QED) is 0.696. The van der Waals surface area contributed by atoms with Crippen LogP contribution in [0.25, 0.3) is 0 Å². The minimum atomic E-state index is -0.664. The highest BCUT2D eigenvalue weighted by atomic mass is 16.1. The first-order valence-corrected chi connectivity index (χ1v) is 11.4. The molecule has 0 saturated heterocycles. The molecule has 0 unspecified atom stereocenters. The van der Waals surface area contributed by atoms with E-state index < -0.39 is 11.1 Å². The number of carbonyl (C=O) groups is 2. The van der Waals surface area contributed by atoms with E-state index in [0.717, 1.165) is 32.2 Å². The van der Waals surface area contributed by atoms with E-state index in [9.17, 15) is 9.59 Å². The molecule has 0 aromatic rings. The molecule has 1 aliphatic heterocycles.